The number of nitrogens with one attached hydrogen (secondary N) is 1. The quantitative estimate of drug-likeness (QED) is 0.156. The number of carbonyl (C=O) groups is 3. The van der Waals surface area contributed by atoms with Gasteiger partial charge in [-0.2, -0.15) is 0 Å². The zero-order chi connectivity index (χ0) is 24.4. The zero-order valence-electron chi connectivity index (χ0n) is 17.5. The van der Waals surface area contributed by atoms with Crippen LogP contribution in [0.1, 0.15) is 16.2 Å². The number of amides is 1. The number of rotatable bonds is 9. The first kappa shape index (κ1) is 24.3. The van der Waals surface area contributed by atoms with Crippen LogP contribution in [-0.4, -0.2) is 79.1 Å². The van der Waals surface area contributed by atoms with Gasteiger partial charge in [-0.25, -0.2) is 9.78 Å². The summed E-state index contributed by atoms with van der Waals surface area (Å²) in [5.74, 6) is -1.23. The summed E-state index contributed by atoms with van der Waals surface area (Å²) in [6, 6.07) is 2.24. The van der Waals surface area contributed by atoms with Gasteiger partial charge in [0.2, 0.25) is 5.91 Å². The lowest BCUT2D eigenvalue weighted by atomic mass is 10.0. The minimum absolute atomic E-state index is 0.0324. The van der Waals surface area contributed by atoms with Gasteiger partial charge < -0.3 is 25.2 Å². The number of thiazole rings is 1. The molecule has 3 unspecified atom stereocenters. The number of furan rings is 1. The number of aliphatic carboxylic acids is 1. The maximum atomic E-state index is 12.9. The van der Waals surface area contributed by atoms with E-state index < -0.39 is 29.5 Å². The molecule has 0 spiro atoms. The fraction of sp³-hybridized carbons (Fsp3) is 0.316. The van der Waals surface area contributed by atoms with E-state index in [4.69, 9.17) is 15.0 Å². The van der Waals surface area contributed by atoms with Gasteiger partial charge in [-0.05, 0) is 17.7 Å². The number of carboxylic acids is 1. The first-order chi connectivity index (χ1) is 16.3. The molecule has 180 valence electrons. The molecule has 1 fully saturated rings. The minimum Gasteiger partial charge on any atom is -0.477 e. The highest BCUT2D eigenvalue weighted by Crippen LogP contribution is 2.41. The monoisotopic (exact) mass is 525 g/mol. The van der Waals surface area contributed by atoms with Crippen LogP contribution in [-0.2, 0) is 14.4 Å². The molecule has 15 heteroatoms. The number of carbonyl (C=O) groups excluding carboxylic acids is 2. The number of carboxylic acid groups (broad SMARTS) is 1. The van der Waals surface area contributed by atoms with Crippen molar-refractivity contribution in [3.8, 4) is 0 Å². The average molecular weight is 526 g/mol. The highest BCUT2D eigenvalue weighted by molar-refractivity contribution is 8.14. The van der Waals surface area contributed by atoms with Gasteiger partial charge in [-0.15, -0.1) is 23.1 Å². The lowest BCUT2D eigenvalue weighted by molar-refractivity contribution is -0.150. The molecular formula is C19H19N5O7S3. The summed E-state index contributed by atoms with van der Waals surface area (Å²) in [6.45, 7) is 0. The number of anilines is 1. The van der Waals surface area contributed by atoms with Crippen LogP contribution >= 0.6 is 34.9 Å². The van der Waals surface area contributed by atoms with Gasteiger partial charge in [0.1, 0.15) is 35.6 Å². The standard InChI is InChI=1S/C19H19N5O7S3/c1-30-23-11(9-7-34-19(20)21-9)14(25)22-12-15(26)24-13(17(27)28)8(5-32-16(12)24)6-33-18(29)10-3-2-4-31-10/h2-4,7,12,14,16,22,25H,5-6H2,1H3,(H2,20,21)(H,27,28)/b23-11-. The topological polar surface area (TPSA) is 181 Å². The van der Waals surface area contributed by atoms with Crippen molar-refractivity contribution in [1.82, 2.24) is 15.2 Å². The van der Waals surface area contributed by atoms with E-state index in [1.165, 1.54) is 36.1 Å². The second-order valence-corrected chi connectivity index (χ2v) is 9.94. The third-order valence-corrected chi connectivity index (χ3v) is 7.89. The van der Waals surface area contributed by atoms with Crippen LogP contribution in [0.5, 0.6) is 0 Å². The van der Waals surface area contributed by atoms with Crippen molar-refractivity contribution >= 4 is 62.7 Å². The van der Waals surface area contributed by atoms with Crippen LogP contribution in [0.25, 0.3) is 0 Å². The number of nitrogen functional groups attached to an aromatic ring is 1. The Morgan fingerprint density at radius 2 is 2.32 bits per heavy atom. The highest BCUT2D eigenvalue weighted by Gasteiger charge is 2.54. The molecule has 1 saturated heterocycles. The van der Waals surface area contributed by atoms with E-state index in [1.807, 2.05) is 0 Å². The second-order valence-electron chi connectivity index (χ2n) is 7.00. The molecular weight excluding hydrogens is 506 g/mol. The summed E-state index contributed by atoms with van der Waals surface area (Å²) in [5, 5.41) is 27.9. The number of thioether (sulfide) groups is 2. The molecule has 34 heavy (non-hydrogen) atoms. The maximum absolute atomic E-state index is 12.9. The molecule has 1 amide bonds. The summed E-state index contributed by atoms with van der Waals surface area (Å²) in [4.78, 5) is 47.1. The molecule has 0 bridgehead atoms. The van der Waals surface area contributed by atoms with E-state index in [0.717, 1.165) is 23.1 Å². The average Bonchev–Trinajstić information content (AvgIpc) is 3.50. The Morgan fingerprint density at radius 3 is 2.94 bits per heavy atom. The van der Waals surface area contributed by atoms with Gasteiger partial charge in [0, 0.05) is 16.9 Å². The minimum atomic E-state index is -1.42. The Hall–Kier alpha value is -2.85. The fourth-order valence-electron chi connectivity index (χ4n) is 3.42. The molecule has 2 aliphatic rings. The van der Waals surface area contributed by atoms with Crippen LogP contribution in [0.4, 0.5) is 5.13 Å². The van der Waals surface area contributed by atoms with Crippen LogP contribution in [0, 0.1) is 0 Å². The molecule has 12 nitrogen and oxygen atoms in total. The van der Waals surface area contributed by atoms with E-state index in [9.17, 15) is 24.6 Å². The van der Waals surface area contributed by atoms with Crippen LogP contribution in [0.15, 0.2) is 44.6 Å². The van der Waals surface area contributed by atoms with Gasteiger partial charge >= 0.3 is 5.97 Å². The summed E-state index contributed by atoms with van der Waals surface area (Å²) < 4.78 is 5.06. The van der Waals surface area contributed by atoms with Gasteiger partial charge in [0.05, 0.1) is 6.26 Å². The van der Waals surface area contributed by atoms with Crippen molar-refractivity contribution < 1.29 is 33.9 Å². The number of fused-ring (bicyclic) bond motifs is 1. The second kappa shape index (κ2) is 10.2. The molecule has 5 N–H and O–H groups in total. The van der Waals surface area contributed by atoms with Gasteiger partial charge in [-0.3, -0.25) is 19.8 Å². The number of aromatic nitrogens is 1. The van der Waals surface area contributed by atoms with Crippen LogP contribution in [0.2, 0.25) is 0 Å². The fourth-order valence-corrected chi connectivity index (χ4v) is 6.27. The van der Waals surface area contributed by atoms with Crippen molar-refractivity contribution in [1.29, 1.82) is 0 Å². The van der Waals surface area contributed by atoms with E-state index >= 15 is 0 Å². The number of nitrogens with zero attached hydrogens (tertiary/aromatic N) is 3. The third-order valence-electron chi connectivity index (χ3n) is 4.92. The number of aliphatic hydroxyl groups is 1. The van der Waals surface area contributed by atoms with Gasteiger partial charge in [0.25, 0.3) is 5.12 Å². The first-order valence-corrected chi connectivity index (χ1v) is 12.6. The predicted molar refractivity (Wildman–Crippen MR) is 126 cm³/mol. The van der Waals surface area contributed by atoms with Crippen LogP contribution < -0.4 is 11.1 Å². The number of aliphatic hydroxyl groups excluding tert-OH is 1. The third kappa shape index (κ3) is 4.69. The van der Waals surface area contributed by atoms with E-state index in [-0.39, 0.29) is 38.9 Å². The van der Waals surface area contributed by atoms with Crippen molar-refractivity contribution in [3.63, 3.8) is 0 Å². The number of hydrogen-bond donors (Lipinski definition) is 4. The SMILES string of the molecule is CO/N=C(/c1csc(N)n1)C(O)NC1C(=O)N2C(C(=O)O)=C(CSC(=O)c3ccco3)CSC12. The molecule has 2 aromatic heterocycles. The molecule has 0 saturated carbocycles. The lowest BCUT2D eigenvalue weighted by Gasteiger charge is -2.50. The Bertz CT molecular complexity index is 1160. The first-order valence-electron chi connectivity index (χ1n) is 9.69. The smallest absolute Gasteiger partial charge is 0.352 e. The molecule has 0 aromatic carbocycles. The molecule has 2 aliphatic heterocycles. The summed E-state index contributed by atoms with van der Waals surface area (Å²) in [7, 11) is 1.30. The molecule has 4 rings (SSSR count). The number of nitrogens with two attached hydrogens (primary N) is 1. The number of β-lactam (4-membered cyclic amide) rings is 1. The Kier molecular flexibility index (Phi) is 7.27. The van der Waals surface area contributed by atoms with Crippen molar-refractivity contribution in [3.05, 3.63) is 46.5 Å². The van der Waals surface area contributed by atoms with Gasteiger partial charge in [0.15, 0.2) is 17.1 Å². The van der Waals surface area contributed by atoms with E-state index in [1.54, 1.807) is 11.4 Å². The molecule has 4 heterocycles. The predicted octanol–water partition coefficient (Wildman–Crippen LogP) is 0.773. The summed E-state index contributed by atoms with van der Waals surface area (Å²) >= 11 is 3.38. The summed E-state index contributed by atoms with van der Waals surface area (Å²) in [6.07, 6.45) is -0.0401. The van der Waals surface area contributed by atoms with E-state index in [2.05, 4.69) is 15.5 Å². The Morgan fingerprint density at radius 1 is 1.53 bits per heavy atom. The Balaban J connectivity index is 1.47. The van der Waals surface area contributed by atoms with Crippen molar-refractivity contribution in [2.45, 2.75) is 17.6 Å². The molecule has 0 aliphatic carbocycles. The zero-order valence-corrected chi connectivity index (χ0v) is 20.0. The largest absolute Gasteiger partial charge is 0.477 e. The van der Waals surface area contributed by atoms with Crippen molar-refractivity contribution in [2.24, 2.45) is 5.16 Å². The lowest BCUT2D eigenvalue weighted by Crippen LogP contribution is -2.71. The van der Waals surface area contributed by atoms with Gasteiger partial charge in [-0.1, -0.05) is 16.9 Å². The van der Waals surface area contributed by atoms with E-state index in [0.29, 0.717) is 11.3 Å². The normalized spacial score (nSPS) is 21.2. The van der Waals surface area contributed by atoms with Crippen LogP contribution in [0.3, 0.4) is 0 Å². The van der Waals surface area contributed by atoms with Crippen molar-refractivity contribution in [2.75, 3.05) is 24.3 Å². The Labute approximate surface area is 205 Å². The number of hydrogen-bond acceptors (Lipinski definition) is 13. The number of oxime groups is 1. The molecule has 2 aromatic rings. The maximum Gasteiger partial charge on any atom is 0.352 e. The molecule has 3 atom stereocenters. The highest BCUT2D eigenvalue weighted by atomic mass is 32.2. The molecule has 0 radical (unpaired) electrons. The summed E-state index contributed by atoms with van der Waals surface area (Å²) in [5.41, 5.74) is 6.26.